The molecule has 0 saturated carbocycles. The molecule has 2 aliphatic rings. The van der Waals surface area contributed by atoms with Crippen LogP contribution >= 0.6 is 11.6 Å². The number of carbonyl (C=O) groups is 3. The molecule has 1 spiro atoms. The summed E-state index contributed by atoms with van der Waals surface area (Å²) < 4.78 is 5.25. The fraction of sp³-hybridized carbons (Fsp3) is 0.286. The number of halogens is 1. The van der Waals surface area contributed by atoms with Gasteiger partial charge in [0, 0.05) is 11.1 Å². The Morgan fingerprint density at radius 2 is 2.07 bits per heavy atom. The fourth-order valence-electron chi connectivity index (χ4n) is 4.00. The molecule has 1 saturated heterocycles. The molecule has 1 aliphatic heterocycles. The van der Waals surface area contributed by atoms with E-state index in [0.29, 0.717) is 29.3 Å². The van der Waals surface area contributed by atoms with Gasteiger partial charge in [0.2, 0.25) is 5.91 Å². The van der Waals surface area contributed by atoms with E-state index >= 15 is 0 Å². The van der Waals surface area contributed by atoms with Crippen LogP contribution in [0.1, 0.15) is 23.1 Å². The van der Waals surface area contributed by atoms with Gasteiger partial charge in [-0.15, -0.1) is 0 Å². The SMILES string of the molecule is COc1cc(Cl)c(C)cc1NC(=O)CN1C(=O)N[C@@]2(CCc3ccccc32)C1=O. The Hall–Kier alpha value is -3.06. The van der Waals surface area contributed by atoms with Crippen LogP contribution in [0.25, 0.3) is 0 Å². The maximum Gasteiger partial charge on any atom is 0.325 e. The molecular weight excluding hydrogens is 394 g/mol. The summed E-state index contributed by atoms with van der Waals surface area (Å²) in [5, 5.41) is 6.02. The van der Waals surface area contributed by atoms with Crippen LogP contribution in [-0.2, 0) is 21.5 Å². The molecule has 2 N–H and O–H groups in total. The van der Waals surface area contributed by atoms with Crippen molar-refractivity contribution in [1.82, 2.24) is 10.2 Å². The molecule has 150 valence electrons. The van der Waals surface area contributed by atoms with E-state index in [1.54, 1.807) is 19.1 Å². The molecule has 0 radical (unpaired) electrons. The van der Waals surface area contributed by atoms with Crippen molar-refractivity contribution in [1.29, 1.82) is 0 Å². The van der Waals surface area contributed by atoms with E-state index in [2.05, 4.69) is 10.6 Å². The molecule has 1 atom stereocenters. The molecule has 2 aromatic rings. The van der Waals surface area contributed by atoms with Gasteiger partial charge in [0.1, 0.15) is 17.8 Å². The van der Waals surface area contributed by atoms with Crippen LogP contribution in [0.4, 0.5) is 10.5 Å². The topological polar surface area (TPSA) is 87.7 Å². The Morgan fingerprint density at radius 3 is 2.83 bits per heavy atom. The summed E-state index contributed by atoms with van der Waals surface area (Å²) in [7, 11) is 1.47. The quantitative estimate of drug-likeness (QED) is 0.754. The molecule has 2 aromatic carbocycles. The number of hydrogen-bond acceptors (Lipinski definition) is 4. The van der Waals surface area contributed by atoms with Gasteiger partial charge in [0.25, 0.3) is 5.91 Å². The number of anilines is 1. The van der Waals surface area contributed by atoms with Gasteiger partial charge in [-0.3, -0.25) is 14.5 Å². The van der Waals surface area contributed by atoms with Crippen molar-refractivity contribution < 1.29 is 19.1 Å². The van der Waals surface area contributed by atoms with Gasteiger partial charge in [0.15, 0.2) is 0 Å². The second-order valence-corrected chi connectivity index (χ2v) is 7.64. The van der Waals surface area contributed by atoms with Crippen LogP contribution in [0.2, 0.25) is 5.02 Å². The summed E-state index contributed by atoms with van der Waals surface area (Å²) in [6.07, 6.45) is 1.18. The number of benzene rings is 2. The maximum absolute atomic E-state index is 13.1. The molecule has 4 amide bonds. The van der Waals surface area contributed by atoms with E-state index in [0.717, 1.165) is 21.6 Å². The van der Waals surface area contributed by atoms with Gasteiger partial charge in [0.05, 0.1) is 12.8 Å². The summed E-state index contributed by atoms with van der Waals surface area (Å²) in [6, 6.07) is 10.3. The van der Waals surface area contributed by atoms with Crippen LogP contribution < -0.4 is 15.4 Å². The lowest BCUT2D eigenvalue weighted by molar-refractivity contribution is -0.134. The highest BCUT2D eigenvalue weighted by Crippen LogP contribution is 2.41. The molecule has 1 fully saturated rings. The van der Waals surface area contributed by atoms with Gasteiger partial charge >= 0.3 is 6.03 Å². The Morgan fingerprint density at radius 1 is 1.31 bits per heavy atom. The minimum atomic E-state index is -1.08. The molecular formula is C21H20ClN3O4. The number of ether oxygens (including phenoxy) is 1. The molecule has 4 rings (SSSR count). The molecule has 1 aliphatic carbocycles. The Labute approximate surface area is 173 Å². The van der Waals surface area contributed by atoms with E-state index in [4.69, 9.17) is 16.3 Å². The van der Waals surface area contributed by atoms with Gasteiger partial charge in [-0.2, -0.15) is 0 Å². The first-order valence-electron chi connectivity index (χ1n) is 9.22. The fourth-order valence-corrected chi connectivity index (χ4v) is 4.15. The smallest absolute Gasteiger partial charge is 0.325 e. The Kier molecular flexibility index (Phi) is 4.70. The Bertz CT molecular complexity index is 1040. The van der Waals surface area contributed by atoms with E-state index in [1.165, 1.54) is 7.11 Å². The van der Waals surface area contributed by atoms with Crippen molar-refractivity contribution in [3.63, 3.8) is 0 Å². The van der Waals surface area contributed by atoms with E-state index in [9.17, 15) is 14.4 Å². The first-order valence-corrected chi connectivity index (χ1v) is 9.60. The Balaban J connectivity index is 1.54. The lowest BCUT2D eigenvalue weighted by atomic mass is 9.92. The molecule has 1 heterocycles. The van der Waals surface area contributed by atoms with Crippen LogP contribution in [0.5, 0.6) is 5.75 Å². The molecule has 0 bridgehead atoms. The first kappa shape index (κ1) is 19.3. The third kappa shape index (κ3) is 3.11. The summed E-state index contributed by atoms with van der Waals surface area (Å²) in [5.74, 6) is -0.508. The zero-order valence-corrected chi connectivity index (χ0v) is 16.8. The van der Waals surface area contributed by atoms with Crippen LogP contribution in [0.3, 0.4) is 0 Å². The summed E-state index contributed by atoms with van der Waals surface area (Å²) in [6.45, 7) is 1.41. The zero-order valence-electron chi connectivity index (χ0n) is 16.0. The van der Waals surface area contributed by atoms with Crippen molar-refractivity contribution in [3.05, 3.63) is 58.1 Å². The molecule has 7 nitrogen and oxygen atoms in total. The number of carbonyl (C=O) groups excluding carboxylic acids is 3. The van der Waals surface area contributed by atoms with Crippen molar-refractivity contribution in [2.24, 2.45) is 0 Å². The standard InChI is InChI=1S/C21H20ClN3O4/c1-12-9-16(17(29-2)10-15(12)22)23-18(26)11-25-19(27)21(24-20(25)28)8-7-13-5-3-4-6-14(13)21/h3-6,9-10H,7-8,11H2,1-2H3,(H,23,26)(H,24,28)/t21-/m1/s1. The average Bonchev–Trinajstić information content (AvgIpc) is 3.18. The minimum Gasteiger partial charge on any atom is -0.495 e. The maximum atomic E-state index is 13.1. The number of rotatable bonds is 4. The summed E-state index contributed by atoms with van der Waals surface area (Å²) in [5.41, 5.74) is 1.94. The number of aryl methyl sites for hydroxylation is 2. The highest BCUT2D eigenvalue weighted by atomic mass is 35.5. The van der Waals surface area contributed by atoms with Crippen LogP contribution in [0, 0.1) is 6.92 Å². The number of imide groups is 1. The van der Waals surface area contributed by atoms with Gasteiger partial charge in [-0.05, 0) is 42.5 Å². The van der Waals surface area contributed by atoms with Crippen molar-refractivity contribution in [2.75, 3.05) is 19.0 Å². The average molecular weight is 414 g/mol. The molecule has 0 aromatic heterocycles. The second-order valence-electron chi connectivity index (χ2n) is 7.23. The third-order valence-electron chi connectivity index (χ3n) is 5.48. The number of amides is 4. The number of fused-ring (bicyclic) bond motifs is 2. The van der Waals surface area contributed by atoms with Crippen molar-refractivity contribution in [3.8, 4) is 5.75 Å². The first-order chi connectivity index (χ1) is 13.9. The summed E-state index contributed by atoms with van der Waals surface area (Å²) >= 11 is 6.09. The van der Waals surface area contributed by atoms with E-state index in [-0.39, 0.29) is 6.54 Å². The summed E-state index contributed by atoms with van der Waals surface area (Å²) in [4.78, 5) is 39.2. The van der Waals surface area contributed by atoms with Crippen LogP contribution in [0.15, 0.2) is 36.4 Å². The van der Waals surface area contributed by atoms with Crippen molar-refractivity contribution in [2.45, 2.75) is 25.3 Å². The van der Waals surface area contributed by atoms with Gasteiger partial charge in [-0.1, -0.05) is 35.9 Å². The number of nitrogens with one attached hydrogen (secondary N) is 2. The number of nitrogens with zero attached hydrogens (tertiary/aromatic N) is 1. The highest BCUT2D eigenvalue weighted by Gasteiger charge is 2.55. The normalized spacial score (nSPS) is 20.0. The van der Waals surface area contributed by atoms with Crippen LogP contribution in [-0.4, -0.2) is 36.4 Å². The largest absolute Gasteiger partial charge is 0.495 e. The monoisotopic (exact) mass is 413 g/mol. The third-order valence-corrected chi connectivity index (χ3v) is 5.89. The zero-order chi connectivity index (χ0) is 20.8. The lowest BCUT2D eigenvalue weighted by Crippen LogP contribution is -2.43. The predicted octanol–water partition coefficient (Wildman–Crippen LogP) is 2.99. The van der Waals surface area contributed by atoms with Gasteiger partial charge in [-0.25, -0.2) is 4.79 Å². The number of methoxy groups -OCH3 is 1. The second kappa shape index (κ2) is 7.08. The van der Waals surface area contributed by atoms with Crippen molar-refractivity contribution >= 4 is 35.1 Å². The molecule has 29 heavy (non-hydrogen) atoms. The molecule has 8 heteroatoms. The number of hydrogen-bond donors (Lipinski definition) is 2. The predicted molar refractivity (Wildman–Crippen MR) is 108 cm³/mol. The molecule has 0 unspecified atom stereocenters. The minimum absolute atomic E-state index is 0.389. The lowest BCUT2D eigenvalue weighted by Gasteiger charge is -2.22. The van der Waals surface area contributed by atoms with E-state index in [1.807, 2.05) is 24.3 Å². The number of urea groups is 1. The van der Waals surface area contributed by atoms with E-state index < -0.39 is 23.4 Å². The highest BCUT2D eigenvalue weighted by molar-refractivity contribution is 6.31. The van der Waals surface area contributed by atoms with Gasteiger partial charge < -0.3 is 15.4 Å².